The van der Waals surface area contributed by atoms with Crippen LogP contribution in [0.2, 0.25) is 0 Å². The van der Waals surface area contributed by atoms with Crippen LogP contribution < -0.4 is 10.1 Å². The number of aryl methyl sites for hydroxylation is 2. The van der Waals surface area contributed by atoms with Gasteiger partial charge in [-0.15, -0.1) is 0 Å². The van der Waals surface area contributed by atoms with E-state index in [2.05, 4.69) is 10.5 Å². The molecule has 0 atom stereocenters. The molecule has 6 heteroatoms. The Labute approximate surface area is 157 Å². The standard InChI is InChI=1S/C21H20N2O4/c1-13-20(15(3)27-23-13)12-26-19-6-4-5-17(11-19)21(25)22-18-9-7-16(8-10-18)14(2)24/h4-11H,12H2,1-3H3,(H,22,25). The normalized spacial score (nSPS) is 10.5. The molecule has 0 unspecified atom stereocenters. The van der Waals surface area contributed by atoms with Gasteiger partial charge in [-0.2, -0.15) is 0 Å². The number of anilines is 1. The van der Waals surface area contributed by atoms with Crippen LogP contribution >= 0.6 is 0 Å². The smallest absolute Gasteiger partial charge is 0.255 e. The number of carbonyl (C=O) groups excluding carboxylic acids is 2. The Morgan fingerprint density at radius 3 is 2.44 bits per heavy atom. The summed E-state index contributed by atoms with van der Waals surface area (Å²) in [5.74, 6) is 1.02. The SMILES string of the molecule is CC(=O)c1ccc(NC(=O)c2cccc(OCc3c(C)noc3C)c2)cc1. The third-order valence-electron chi connectivity index (χ3n) is 4.21. The first kappa shape index (κ1) is 18.4. The Kier molecular flexibility index (Phi) is 5.35. The Hall–Kier alpha value is -3.41. The molecule has 0 fully saturated rings. The number of carbonyl (C=O) groups is 2. The van der Waals surface area contributed by atoms with Crippen molar-refractivity contribution in [3.05, 3.63) is 76.7 Å². The van der Waals surface area contributed by atoms with E-state index in [9.17, 15) is 9.59 Å². The topological polar surface area (TPSA) is 81.4 Å². The summed E-state index contributed by atoms with van der Waals surface area (Å²) >= 11 is 0. The number of amides is 1. The molecule has 0 aliphatic heterocycles. The highest BCUT2D eigenvalue weighted by atomic mass is 16.5. The van der Waals surface area contributed by atoms with Crippen LogP contribution in [0.1, 0.15) is 44.7 Å². The van der Waals surface area contributed by atoms with E-state index in [-0.39, 0.29) is 11.7 Å². The van der Waals surface area contributed by atoms with E-state index >= 15 is 0 Å². The maximum atomic E-state index is 12.5. The first-order chi connectivity index (χ1) is 12.9. The molecule has 1 heterocycles. The molecule has 0 saturated carbocycles. The minimum absolute atomic E-state index is 0.0176. The van der Waals surface area contributed by atoms with Gasteiger partial charge in [-0.1, -0.05) is 11.2 Å². The summed E-state index contributed by atoms with van der Waals surface area (Å²) in [7, 11) is 0. The van der Waals surface area contributed by atoms with Crippen molar-refractivity contribution in [2.45, 2.75) is 27.4 Å². The molecule has 0 spiro atoms. The first-order valence-corrected chi connectivity index (χ1v) is 8.51. The van der Waals surface area contributed by atoms with Gasteiger partial charge in [0, 0.05) is 16.8 Å². The third-order valence-corrected chi connectivity index (χ3v) is 4.21. The molecule has 1 aromatic heterocycles. The van der Waals surface area contributed by atoms with Gasteiger partial charge < -0.3 is 14.6 Å². The molecule has 3 aromatic rings. The summed E-state index contributed by atoms with van der Waals surface area (Å²) in [5, 5.41) is 6.71. The molecule has 0 radical (unpaired) electrons. The average Bonchev–Trinajstić information content (AvgIpc) is 2.98. The number of nitrogens with zero attached hydrogens (tertiary/aromatic N) is 1. The molecule has 27 heavy (non-hydrogen) atoms. The molecular formula is C21H20N2O4. The zero-order valence-electron chi connectivity index (χ0n) is 15.4. The predicted octanol–water partition coefficient (Wildman–Crippen LogP) is 4.33. The van der Waals surface area contributed by atoms with Crippen molar-refractivity contribution in [2.24, 2.45) is 0 Å². The second-order valence-corrected chi connectivity index (χ2v) is 6.21. The van der Waals surface area contributed by atoms with Crippen LogP contribution in [0.4, 0.5) is 5.69 Å². The number of ketones is 1. The van der Waals surface area contributed by atoms with Crippen LogP contribution in [0.25, 0.3) is 0 Å². The summed E-state index contributed by atoms with van der Waals surface area (Å²) in [6.45, 7) is 5.51. The van der Waals surface area contributed by atoms with Gasteiger partial charge in [0.25, 0.3) is 5.91 Å². The second kappa shape index (κ2) is 7.86. The molecule has 0 bridgehead atoms. The lowest BCUT2D eigenvalue weighted by atomic mass is 10.1. The fourth-order valence-corrected chi connectivity index (χ4v) is 2.58. The lowest BCUT2D eigenvalue weighted by molar-refractivity contribution is 0.101. The summed E-state index contributed by atoms with van der Waals surface area (Å²) in [6, 6.07) is 13.7. The first-order valence-electron chi connectivity index (χ1n) is 8.51. The van der Waals surface area contributed by atoms with Crippen molar-refractivity contribution in [2.75, 3.05) is 5.32 Å². The fraction of sp³-hybridized carbons (Fsp3) is 0.190. The van der Waals surface area contributed by atoms with Gasteiger partial charge in [0.15, 0.2) is 5.78 Å². The maximum Gasteiger partial charge on any atom is 0.255 e. The molecule has 1 N–H and O–H groups in total. The molecule has 3 rings (SSSR count). The van der Waals surface area contributed by atoms with Gasteiger partial charge in [-0.05, 0) is 63.2 Å². The number of Topliss-reactive ketones (excluding diaryl/α,β-unsaturated/α-hetero) is 1. The highest BCUT2D eigenvalue weighted by Crippen LogP contribution is 2.19. The number of hydrogen-bond donors (Lipinski definition) is 1. The molecule has 0 aliphatic rings. The Morgan fingerprint density at radius 2 is 1.81 bits per heavy atom. The van der Waals surface area contributed by atoms with Gasteiger partial charge in [-0.25, -0.2) is 0 Å². The summed E-state index contributed by atoms with van der Waals surface area (Å²) in [4.78, 5) is 23.8. The van der Waals surface area contributed by atoms with Gasteiger partial charge in [-0.3, -0.25) is 9.59 Å². The van der Waals surface area contributed by atoms with Crippen LogP contribution in [0.15, 0.2) is 53.1 Å². The number of nitrogens with one attached hydrogen (secondary N) is 1. The van der Waals surface area contributed by atoms with E-state index in [1.165, 1.54) is 6.92 Å². The molecule has 138 valence electrons. The van der Waals surface area contributed by atoms with Gasteiger partial charge in [0.1, 0.15) is 18.1 Å². The molecule has 0 aliphatic carbocycles. The van der Waals surface area contributed by atoms with E-state index in [4.69, 9.17) is 9.26 Å². The van der Waals surface area contributed by atoms with Crippen molar-refractivity contribution in [3.63, 3.8) is 0 Å². The largest absolute Gasteiger partial charge is 0.489 e. The Balaban J connectivity index is 1.67. The van der Waals surface area contributed by atoms with E-state index in [1.54, 1.807) is 48.5 Å². The summed E-state index contributed by atoms with van der Waals surface area (Å²) in [5.41, 5.74) is 3.38. The number of rotatable bonds is 6. The number of ether oxygens (including phenoxy) is 1. The summed E-state index contributed by atoms with van der Waals surface area (Å²) < 4.78 is 10.9. The van der Waals surface area contributed by atoms with Crippen molar-refractivity contribution < 1.29 is 18.8 Å². The third kappa shape index (κ3) is 4.41. The molecular weight excluding hydrogens is 344 g/mol. The van der Waals surface area contributed by atoms with E-state index in [0.717, 1.165) is 17.0 Å². The van der Waals surface area contributed by atoms with Crippen molar-refractivity contribution in [1.29, 1.82) is 0 Å². The Morgan fingerprint density at radius 1 is 1.07 bits per heavy atom. The maximum absolute atomic E-state index is 12.5. The predicted molar refractivity (Wildman–Crippen MR) is 101 cm³/mol. The molecule has 1 amide bonds. The average molecular weight is 364 g/mol. The minimum Gasteiger partial charge on any atom is -0.489 e. The van der Waals surface area contributed by atoms with Crippen molar-refractivity contribution >= 4 is 17.4 Å². The number of hydrogen-bond acceptors (Lipinski definition) is 5. The van der Waals surface area contributed by atoms with Crippen LogP contribution in [0.3, 0.4) is 0 Å². The quantitative estimate of drug-likeness (QED) is 0.659. The highest BCUT2D eigenvalue weighted by Gasteiger charge is 2.11. The van der Waals surface area contributed by atoms with E-state index in [1.807, 2.05) is 13.8 Å². The molecule has 2 aromatic carbocycles. The molecule has 0 saturated heterocycles. The zero-order valence-corrected chi connectivity index (χ0v) is 15.4. The van der Waals surface area contributed by atoms with Crippen molar-refractivity contribution in [3.8, 4) is 5.75 Å². The lowest BCUT2D eigenvalue weighted by Gasteiger charge is -2.09. The van der Waals surface area contributed by atoms with Crippen LogP contribution in [0.5, 0.6) is 5.75 Å². The summed E-state index contributed by atoms with van der Waals surface area (Å²) in [6.07, 6.45) is 0. The zero-order chi connectivity index (χ0) is 19.4. The number of aromatic nitrogens is 1. The molecule has 6 nitrogen and oxygen atoms in total. The van der Waals surface area contributed by atoms with E-state index in [0.29, 0.717) is 29.2 Å². The van der Waals surface area contributed by atoms with Gasteiger partial charge in [0.05, 0.1) is 11.3 Å². The van der Waals surface area contributed by atoms with Crippen LogP contribution in [-0.2, 0) is 6.61 Å². The Bertz CT molecular complexity index is 955. The lowest BCUT2D eigenvalue weighted by Crippen LogP contribution is -2.12. The highest BCUT2D eigenvalue weighted by molar-refractivity contribution is 6.04. The second-order valence-electron chi connectivity index (χ2n) is 6.21. The van der Waals surface area contributed by atoms with Gasteiger partial charge >= 0.3 is 0 Å². The van der Waals surface area contributed by atoms with Gasteiger partial charge in [0.2, 0.25) is 0 Å². The number of benzene rings is 2. The van der Waals surface area contributed by atoms with Crippen molar-refractivity contribution in [1.82, 2.24) is 5.16 Å². The van der Waals surface area contributed by atoms with Crippen LogP contribution in [-0.4, -0.2) is 16.8 Å². The van der Waals surface area contributed by atoms with Crippen LogP contribution in [0, 0.1) is 13.8 Å². The van der Waals surface area contributed by atoms with E-state index < -0.39 is 0 Å². The minimum atomic E-state index is -0.256. The fourth-order valence-electron chi connectivity index (χ4n) is 2.58. The monoisotopic (exact) mass is 364 g/mol.